The lowest BCUT2D eigenvalue weighted by Gasteiger charge is -2.12. The zero-order chi connectivity index (χ0) is 17.2. The average molecular weight is 366 g/mol. The Hall–Kier alpha value is -2.12. The quantitative estimate of drug-likeness (QED) is 0.869. The van der Waals surface area contributed by atoms with Crippen LogP contribution in [0.2, 0.25) is 5.02 Å². The number of carbonyl (C=O) groups is 1. The van der Waals surface area contributed by atoms with Crippen molar-refractivity contribution in [3.63, 3.8) is 0 Å². The number of rotatable bonds is 4. The zero-order valence-corrected chi connectivity index (χ0v) is 14.3. The molecule has 1 aromatic carbocycles. The molecule has 2 N–H and O–H groups in total. The summed E-state index contributed by atoms with van der Waals surface area (Å²) in [6.45, 7) is 0. The lowest BCUT2D eigenvalue weighted by Crippen LogP contribution is -2.21. The van der Waals surface area contributed by atoms with Crippen molar-refractivity contribution in [1.29, 1.82) is 0 Å². The van der Waals surface area contributed by atoms with E-state index in [-0.39, 0.29) is 23.5 Å². The van der Waals surface area contributed by atoms with Crippen LogP contribution in [0.5, 0.6) is 0 Å². The van der Waals surface area contributed by atoms with Gasteiger partial charge in [0.05, 0.1) is 23.4 Å². The van der Waals surface area contributed by atoms with E-state index in [4.69, 9.17) is 11.6 Å². The number of carbonyl (C=O) groups excluding carboxylic acids is 1. The fraction of sp³-hybridized carbons (Fsp3) is 0.250. The van der Waals surface area contributed by atoms with E-state index < -0.39 is 9.84 Å². The van der Waals surface area contributed by atoms with Gasteiger partial charge in [-0.3, -0.25) is 4.79 Å². The summed E-state index contributed by atoms with van der Waals surface area (Å²) >= 11 is 5.80. The minimum Gasteiger partial charge on any atom is -0.366 e. The van der Waals surface area contributed by atoms with Crippen molar-refractivity contribution in [3.8, 4) is 0 Å². The predicted molar refractivity (Wildman–Crippen MR) is 94.3 cm³/mol. The molecule has 24 heavy (non-hydrogen) atoms. The van der Waals surface area contributed by atoms with Crippen LogP contribution in [0.3, 0.4) is 0 Å². The fourth-order valence-corrected chi connectivity index (χ4v) is 4.28. The topological polar surface area (TPSA) is 88.2 Å². The molecule has 1 aromatic heterocycles. The van der Waals surface area contributed by atoms with Crippen LogP contribution in [0.1, 0.15) is 16.8 Å². The van der Waals surface area contributed by atoms with Gasteiger partial charge in [0.2, 0.25) is 0 Å². The Kier molecular flexibility index (Phi) is 4.73. The molecule has 0 radical (unpaired) electrons. The number of amides is 1. The van der Waals surface area contributed by atoms with Crippen LogP contribution in [0, 0.1) is 0 Å². The highest BCUT2D eigenvalue weighted by atomic mass is 35.5. The summed E-state index contributed by atoms with van der Waals surface area (Å²) < 4.78 is 22.9. The Labute approximate surface area is 145 Å². The molecule has 126 valence electrons. The first-order valence-corrected chi connectivity index (χ1v) is 9.61. The summed E-state index contributed by atoms with van der Waals surface area (Å²) in [6, 6.07) is 9.89. The molecule has 0 spiro atoms. The van der Waals surface area contributed by atoms with Crippen LogP contribution < -0.4 is 10.6 Å². The summed E-state index contributed by atoms with van der Waals surface area (Å²) in [6.07, 6.45) is 2.11. The molecule has 1 aliphatic rings. The number of pyridine rings is 1. The SMILES string of the molecule is O=C(Nc1ccc(NC2CCS(=O)(=O)C2)nc1)c1ccc(Cl)cc1. The molecule has 1 atom stereocenters. The van der Waals surface area contributed by atoms with E-state index in [1.807, 2.05) is 0 Å². The number of hydrogen-bond acceptors (Lipinski definition) is 5. The molecule has 0 bridgehead atoms. The molecule has 0 saturated carbocycles. The van der Waals surface area contributed by atoms with E-state index in [0.29, 0.717) is 28.5 Å². The van der Waals surface area contributed by atoms with Gasteiger partial charge in [-0.15, -0.1) is 0 Å². The fourth-order valence-electron chi connectivity index (χ4n) is 2.48. The largest absolute Gasteiger partial charge is 0.366 e. The molecule has 0 aliphatic carbocycles. The number of anilines is 2. The number of halogens is 1. The van der Waals surface area contributed by atoms with Crippen LogP contribution >= 0.6 is 11.6 Å². The number of benzene rings is 1. The highest BCUT2D eigenvalue weighted by molar-refractivity contribution is 7.91. The van der Waals surface area contributed by atoms with Gasteiger partial charge in [0.15, 0.2) is 9.84 Å². The molecule has 1 amide bonds. The smallest absolute Gasteiger partial charge is 0.255 e. The van der Waals surface area contributed by atoms with Gasteiger partial charge in [0.1, 0.15) is 5.82 Å². The van der Waals surface area contributed by atoms with Crippen molar-refractivity contribution in [1.82, 2.24) is 4.98 Å². The van der Waals surface area contributed by atoms with Gasteiger partial charge in [-0.25, -0.2) is 13.4 Å². The Morgan fingerprint density at radius 3 is 2.50 bits per heavy atom. The monoisotopic (exact) mass is 365 g/mol. The third-order valence-electron chi connectivity index (χ3n) is 3.71. The standard InChI is InChI=1S/C16H16ClN3O3S/c17-12-3-1-11(2-4-12)16(21)20-13-5-6-15(18-9-13)19-14-7-8-24(22,23)10-14/h1-6,9,14H,7-8,10H2,(H,18,19)(H,20,21). The van der Waals surface area contributed by atoms with Crippen molar-refractivity contribution in [2.24, 2.45) is 0 Å². The highest BCUT2D eigenvalue weighted by Gasteiger charge is 2.27. The number of nitrogens with zero attached hydrogens (tertiary/aromatic N) is 1. The molecule has 2 heterocycles. The molecule has 1 saturated heterocycles. The van der Waals surface area contributed by atoms with Gasteiger partial charge >= 0.3 is 0 Å². The van der Waals surface area contributed by atoms with Gasteiger partial charge in [-0.1, -0.05) is 11.6 Å². The summed E-state index contributed by atoms with van der Waals surface area (Å²) in [7, 11) is -2.93. The van der Waals surface area contributed by atoms with Gasteiger partial charge in [-0.05, 0) is 42.8 Å². The molecule has 6 nitrogen and oxygen atoms in total. The Balaban J connectivity index is 1.60. The van der Waals surface area contributed by atoms with Gasteiger partial charge in [0.25, 0.3) is 5.91 Å². The van der Waals surface area contributed by atoms with Gasteiger partial charge < -0.3 is 10.6 Å². The van der Waals surface area contributed by atoms with E-state index in [9.17, 15) is 13.2 Å². The van der Waals surface area contributed by atoms with Crippen LogP contribution in [-0.2, 0) is 9.84 Å². The predicted octanol–water partition coefficient (Wildman–Crippen LogP) is 2.59. The number of hydrogen-bond donors (Lipinski definition) is 2. The normalized spacial score (nSPS) is 19.0. The maximum atomic E-state index is 12.1. The molecule has 3 rings (SSSR count). The maximum Gasteiger partial charge on any atom is 0.255 e. The zero-order valence-electron chi connectivity index (χ0n) is 12.7. The van der Waals surface area contributed by atoms with Crippen molar-refractivity contribution in [2.45, 2.75) is 12.5 Å². The molecular weight excluding hydrogens is 350 g/mol. The summed E-state index contributed by atoms with van der Waals surface area (Å²) in [5.41, 5.74) is 1.05. The Morgan fingerprint density at radius 2 is 1.92 bits per heavy atom. The van der Waals surface area contributed by atoms with E-state index in [1.165, 1.54) is 6.20 Å². The van der Waals surface area contributed by atoms with E-state index >= 15 is 0 Å². The van der Waals surface area contributed by atoms with Crippen molar-refractivity contribution in [3.05, 3.63) is 53.2 Å². The maximum absolute atomic E-state index is 12.1. The number of nitrogens with one attached hydrogen (secondary N) is 2. The third-order valence-corrected chi connectivity index (χ3v) is 5.73. The number of sulfone groups is 1. The second kappa shape index (κ2) is 6.78. The minimum absolute atomic E-state index is 0.114. The molecular formula is C16H16ClN3O3S. The molecule has 2 aromatic rings. The first kappa shape index (κ1) is 16.7. The van der Waals surface area contributed by atoms with Crippen LogP contribution in [-0.4, -0.2) is 36.9 Å². The third kappa shape index (κ3) is 4.24. The van der Waals surface area contributed by atoms with Crippen LogP contribution in [0.25, 0.3) is 0 Å². The highest BCUT2D eigenvalue weighted by Crippen LogP contribution is 2.18. The van der Waals surface area contributed by atoms with Crippen LogP contribution in [0.15, 0.2) is 42.6 Å². The second-order valence-electron chi connectivity index (χ2n) is 5.64. The lowest BCUT2D eigenvalue weighted by molar-refractivity contribution is 0.102. The second-order valence-corrected chi connectivity index (χ2v) is 8.30. The Morgan fingerprint density at radius 1 is 1.17 bits per heavy atom. The summed E-state index contributed by atoms with van der Waals surface area (Å²) in [5.74, 6) is 0.668. The average Bonchev–Trinajstić information content (AvgIpc) is 2.88. The molecule has 8 heteroatoms. The van der Waals surface area contributed by atoms with E-state index in [2.05, 4.69) is 15.6 Å². The summed E-state index contributed by atoms with van der Waals surface area (Å²) in [4.78, 5) is 16.3. The lowest BCUT2D eigenvalue weighted by atomic mass is 10.2. The van der Waals surface area contributed by atoms with Crippen LogP contribution in [0.4, 0.5) is 11.5 Å². The Bertz CT molecular complexity index is 836. The van der Waals surface area contributed by atoms with Crippen molar-refractivity contribution in [2.75, 3.05) is 22.1 Å². The van der Waals surface area contributed by atoms with Crippen molar-refractivity contribution >= 4 is 38.9 Å². The van der Waals surface area contributed by atoms with Gasteiger partial charge in [-0.2, -0.15) is 0 Å². The van der Waals surface area contributed by atoms with Gasteiger partial charge in [0, 0.05) is 16.6 Å². The van der Waals surface area contributed by atoms with E-state index in [0.717, 1.165) is 0 Å². The summed E-state index contributed by atoms with van der Waals surface area (Å²) in [5, 5.41) is 6.41. The molecule has 1 aliphatic heterocycles. The van der Waals surface area contributed by atoms with E-state index in [1.54, 1.807) is 36.4 Å². The number of aromatic nitrogens is 1. The first-order valence-electron chi connectivity index (χ1n) is 7.41. The molecule has 1 unspecified atom stereocenters. The molecule has 1 fully saturated rings. The first-order chi connectivity index (χ1) is 11.4. The van der Waals surface area contributed by atoms with Crippen molar-refractivity contribution < 1.29 is 13.2 Å². The minimum atomic E-state index is -2.93.